The lowest BCUT2D eigenvalue weighted by atomic mass is 10.0. The maximum Gasteiger partial charge on any atom is 0.339 e. The summed E-state index contributed by atoms with van der Waals surface area (Å²) in [6.07, 6.45) is 2.97. The van der Waals surface area contributed by atoms with Crippen molar-refractivity contribution in [1.29, 1.82) is 0 Å². The second kappa shape index (κ2) is 7.81. The van der Waals surface area contributed by atoms with Gasteiger partial charge in [0.2, 0.25) is 5.82 Å². The van der Waals surface area contributed by atoms with Crippen LogP contribution in [-0.2, 0) is 4.74 Å². The molecule has 3 rings (SSSR count). The van der Waals surface area contributed by atoms with Crippen molar-refractivity contribution in [3.8, 4) is 0 Å². The first-order chi connectivity index (χ1) is 12.6. The second-order valence-corrected chi connectivity index (χ2v) is 6.08. The lowest BCUT2D eigenvalue weighted by molar-refractivity contribution is -0.384. The Kier molecular flexibility index (Phi) is 5.31. The number of hydrogen-bond acceptors (Lipinski definition) is 7. The zero-order valence-electron chi connectivity index (χ0n) is 14.4. The van der Waals surface area contributed by atoms with Crippen molar-refractivity contribution in [2.75, 3.05) is 30.4 Å². The molecule has 1 fully saturated rings. The molecule has 0 bridgehead atoms. The number of carbonyl (C=O) groups is 1. The molecule has 0 atom stereocenters. The number of anilines is 2. The number of benzene rings is 1. The Hall–Kier alpha value is -3.16. The van der Waals surface area contributed by atoms with Gasteiger partial charge in [-0.1, -0.05) is 18.2 Å². The number of esters is 1. The molecule has 0 aliphatic carbocycles. The number of piperidine rings is 1. The van der Waals surface area contributed by atoms with Gasteiger partial charge in [0.15, 0.2) is 0 Å². The van der Waals surface area contributed by atoms with Crippen LogP contribution in [0.1, 0.15) is 23.2 Å². The van der Waals surface area contributed by atoms with E-state index in [1.54, 1.807) is 0 Å². The van der Waals surface area contributed by atoms with Crippen molar-refractivity contribution < 1.29 is 14.5 Å². The fraction of sp³-hybridized carbons (Fsp3) is 0.333. The van der Waals surface area contributed by atoms with Gasteiger partial charge >= 0.3 is 11.7 Å². The van der Waals surface area contributed by atoms with Crippen LogP contribution < -0.4 is 10.2 Å². The van der Waals surface area contributed by atoms with E-state index in [-0.39, 0.29) is 23.1 Å². The summed E-state index contributed by atoms with van der Waals surface area (Å²) >= 11 is 0. The normalized spacial score (nSPS) is 14.7. The Labute approximate surface area is 150 Å². The summed E-state index contributed by atoms with van der Waals surface area (Å²) in [6.45, 7) is 1.71. The number of para-hydroxylation sites is 1. The van der Waals surface area contributed by atoms with Crippen LogP contribution in [0.3, 0.4) is 0 Å². The molecule has 0 saturated carbocycles. The van der Waals surface area contributed by atoms with Crippen molar-refractivity contribution in [3.05, 3.63) is 58.3 Å². The van der Waals surface area contributed by atoms with Crippen LogP contribution in [0.25, 0.3) is 0 Å². The Morgan fingerprint density at radius 3 is 2.62 bits per heavy atom. The highest BCUT2D eigenvalue weighted by molar-refractivity contribution is 5.90. The molecule has 136 valence electrons. The van der Waals surface area contributed by atoms with Crippen molar-refractivity contribution in [2.45, 2.75) is 18.9 Å². The predicted molar refractivity (Wildman–Crippen MR) is 97.5 cm³/mol. The molecule has 8 heteroatoms. The number of hydrogen-bond donors (Lipinski definition) is 1. The molecule has 0 amide bonds. The topological polar surface area (TPSA) is 97.6 Å². The Balaban J connectivity index is 1.68. The molecule has 0 unspecified atom stereocenters. The molecule has 8 nitrogen and oxygen atoms in total. The number of rotatable bonds is 5. The zero-order chi connectivity index (χ0) is 18.5. The maximum absolute atomic E-state index is 11.5. The molecular weight excluding hydrogens is 336 g/mol. The van der Waals surface area contributed by atoms with Gasteiger partial charge in [0, 0.05) is 37.1 Å². The number of methoxy groups -OCH3 is 1. The SMILES string of the molecule is COC(=O)c1cnc(NC2CCN(c3ccccc3)CC2)c([N+](=O)[O-])c1. The molecule has 0 spiro atoms. The Morgan fingerprint density at radius 2 is 2.00 bits per heavy atom. The fourth-order valence-corrected chi connectivity index (χ4v) is 3.05. The van der Waals surface area contributed by atoms with E-state index >= 15 is 0 Å². The van der Waals surface area contributed by atoms with E-state index in [0.29, 0.717) is 0 Å². The number of nitrogens with one attached hydrogen (secondary N) is 1. The standard InChI is InChI=1S/C18H20N4O4/c1-26-18(23)13-11-16(22(24)25)17(19-12-13)20-14-7-9-21(10-8-14)15-5-3-2-4-6-15/h2-6,11-12,14H,7-10H2,1H3,(H,19,20). The minimum atomic E-state index is -0.650. The molecule has 1 N–H and O–H groups in total. The van der Waals surface area contributed by atoms with Gasteiger partial charge in [0.25, 0.3) is 0 Å². The summed E-state index contributed by atoms with van der Waals surface area (Å²) in [6, 6.07) is 11.4. The summed E-state index contributed by atoms with van der Waals surface area (Å²) in [5, 5.41) is 14.5. The molecular formula is C18H20N4O4. The molecule has 1 aromatic carbocycles. The summed E-state index contributed by atoms with van der Waals surface area (Å²) < 4.78 is 4.59. The lowest BCUT2D eigenvalue weighted by Gasteiger charge is -2.34. The van der Waals surface area contributed by atoms with Crippen LogP contribution in [0.15, 0.2) is 42.6 Å². The number of ether oxygens (including phenoxy) is 1. The van der Waals surface area contributed by atoms with Gasteiger partial charge in [-0.2, -0.15) is 0 Å². The van der Waals surface area contributed by atoms with E-state index in [9.17, 15) is 14.9 Å². The third kappa shape index (κ3) is 3.90. The van der Waals surface area contributed by atoms with Crippen molar-refractivity contribution in [2.24, 2.45) is 0 Å². The molecule has 2 heterocycles. The van der Waals surface area contributed by atoms with E-state index in [1.807, 2.05) is 18.2 Å². The summed E-state index contributed by atoms with van der Waals surface area (Å²) in [5.74, 6) is -0.468. The Morgan fingerprint density at radius 1 is 1.31 bits per heavy atom. The van der Waals surface area contributed by atoms with Gasteiger partial charge < -0.3 is 15.0 Å². The van der Waals surface area contributed by atoms with E-state index < -0.39 is 10.9 Å². The highest BCUT2D eigenvalue weighted by Gasteiger charge is 2.24. The summed E-state index contributed by atoms with van der Waals surface area (Å²) in [7, 11) is 1.22. The maximum atomic E-state index is 11.5. The van der Waals surface area contributed by atoms with E-state index in [1.165, 1.54) is 25.1 Å². The van der Waals surface area contributed by atoms with Crippen molar-refractivity contribution in [3.63, 3.8) is 0 Å². The number of nitrogens with zero attached hydrogens (tertiary/aromatic N) is 3. The van der Waals surface area contributed by atoms with Crippen molar-refractivity contribution in [1.82, 2.24) is 4.98 Å². The largest absolute Gasteiger partial charge is 0.465 e. The molecule has 1 aromatic heterocycles. The average molecular weight is 356 g/mol. The van der Waals surface area contributed by atoms with Crippen LogP contribution in [-0.4, -0.2) is 42.1 Å². The van der Waals surface area contributed by atoms with Crippen LogP contribution in [0, 0.1) is 10.1 Å². The minimum Gasteiger partial charge on any atom is -0.465 e. The number of aromatic nitrogens is 1. The van der Waals surface area contributed by atoms with Gasteiger partial charge in [-0.15, -0.1) is 0 Å². The zero-order valence-corrected chi connectivity index (χ0v) is 14.4. The van der Waals surface area contributed by atoms with E-state index in [2.05, 4.69) is 32.1 Å². The first-order valence-electron chi connectivity index (χ1n) is 8.38. The second-order valence-electron chi connectivity index (χ2n) is 6.08. The monoisotopic (exact) mass is 356 g/mol. The molecule has 1 saturated heterocycles. The van der Waals surface area contributed by atoms with Gasteiger partial charge in [0.05, 0.1) is 17.6 Å². The molecule has 26 heavy (non-hydrogen) atoms. The fourth-order valence-electron chi connectivity index (χ4n) is 3.05. The highest BCUT2D eigenvalue weighted by atomic mass is 16.6. The van der Waals surface area contributed by atoms with Crippen LogP contribution in [0.4, 0.5) is 17.2 Å². The van der Waals surface area contributed by atoms with Crippen LogP contribution >= 0.6 is 0 Å². The number of pyridine rings is 1. The molecule has 1 aliphatic rings. The lowest BCUT2D eigenvalue weighted by Crippen LogP contribution is -2.39. The van der Waals surface area contributed by atoms with Gasteiger partial charge in [-0.3, -0.25) is 10.1 Å². The van der Waals surface area contributed by atoms with E-state index in [0.717, 1.165) is 25.9 Å². The van der Waals surface area contributed by atoms with E-state index in [4.69, 9.17) is 0 Å². The van der Waals surface area contributed by atoms with Crippen LogP contribution in [0.2, 0.25) is 0 Å². The number of carbonyl (C=O) groups excluding carboxylic acids is 1. The summed E-state index contributed by atoms with van der Waals surface area (Å²) in [5.41, 5.74) is 1.01. The van der Waals surface area contributed by atoms with Gasteiger partial charge in [0.1, 0.15) is 0 Å². The third-order valence-corrected chi connectivity index (χ3v) is 4.44. The molecule has 1 aliphatic heterocycles. The predicted octanol–water partition coefficient (Wildman–Crippen LogP) is 2.86. The molecule has 2 aromatic rings. The molecule has 0 radical (unpaired) electrons. The average Bonchev–Trinajstić information content (AvgIpc) is 2.68. The quantitative estimate of drug-likeness (QED) is 0.500. The summed E-state index contributed by atoms with van der Waals surface area (Å²) in [4.78, 5) is 28.7. The smallest absolute Gasteiger partial charge is 0.339 e. The highest BCUT2D eigenvalue weighted by Crippen LogP contribution is 2.27. The van der Waals surface area contributed by atoms with Gasteiger partial charge in [-0.05, 0) is 25.0 Å². The Bertz CT molecular complexity index is 789. The minimum absolute atomic E-state index is 0.0589. The van der Waals surface area contributed by atoms with Crippen LogP contribution in [0.5, 0.6) is 0 Å². The third-order valence-electron chi connectivity index (χ3n) is 4.44. The number of nitro groups is 1. The first kappa shape index (κ1) is 17.7. The first-order valence-corrected chi connectivity index (χ1v) is 8.38. The van der Waals surface area contributed by atoms with Gasteiger partial charge in [-0.25, -0.2) is 9.78 Å². The van der Waals surface area contributed by atoms with Crippen molar-refractivity contribution >= 4 is 23.2 Å².